The van der Waals surface area contributed by atoms with Crippen molar-refractivity contribution in [1.29, 1.82) is 0 Å². The molecule has 4 heteroatoms. The van der Waals surface area contributed by atoms with Crippen LogP contribution < -0.4 is 9.47 Å². The van der Waals surface area contributed by atoms with Gasteiger partial charge in [0.25, 0.3) is 5.91 Å². The van der Waals surface area contributed by atoms with Gasteiger partial charge in [0.15, 0.2) is 18.1 Å². The zero-order valence-corrected chi connectivity index (χ0v) is 11.3. The van der Waals surface area contributed by atoms with Crippen LogP contribution in [0.5, 0.6) is 11.5 Å². The van der Waals surface area contributed by atoms with Gasteiger partial charge in [-0.1, -0.05) is 12.1 Å². The van der Waals surface area contributed by atoms with Crippen LogP contribution in [0.2, 0.25) is 0 Å². The molecule has 1 heterocycles. The summed E-state index contributed by atoms with van der Waals surface area (Å²) in [5.41, 5.74) is 0.933. The lowest BCUT2D eigenvalue weighted by molar-refractivity contribution is -0.130. The number of hydrogen-bond acceptors (Lipinski definition) is 3. The number of benzene rings is 1. The minimum absolute atomic E-state index is 0.0350. The summed E-state index contributed by atoms with van der Waals surface area (Å²) in [5, 5.41) is 0. The van der Waals surface area contributed by atoms with Gasteiger partial charge in [-0.25, -0.2) is 0 Å². The van der Waals surface area contributed by atoms with Crippen molar-refractivity contribution < 1.29 is 14.3 Å². The van der Waals surface area contributed by atoms with Crippen molar-refractivity contribution in [2.24, 2.45) is 0 Å². The third-order valence-electron chi connectivity index (χ3n) is 2.90. The number of hydrogen-bond donors (Lipinski definition) is 0. The van der Waals surface area contributed by atoms with E-state index >= 15 is 0 Å². The predicted molar refractivity (Wildman–Crippen MR) is 69.0 cm³/mol. The van der Waals surface area contributed by atoms with Crippen molar-refractivity contribution in [3.63, 3.8) is 0 Å². The number of carbonyl (C=O) groups is 1. The van der Waals surface area contributed by atoms with Gasteiger partial charge in [-0.2, -0.15) is 0 Å². The molecule has 0 fully saturated rings. The molecule has 1 aliphatic heterocycles. The van der Waals surface area contributed by atoms with E-state index in [4.69, 9.17) is 9.47 Å². The second kappa shape index (κ2) is 4.52. The molecule has 0 saturated carbocycles. The molecular formula is C14H19NO3. The molecule has 2 rings (SSSR count). The zero-order chi connectivity index (χ0) is 13.3. The van der Waals surface area contributed by atoms with Crippen LogP contribution in [-0.4, -0.2) is 37.1 Å². The maximum Gasteiger partial charge on any atom is 0.259 e. The summed E-state index contributed by atoms with van der Waals surface area (Å²) in [6.07, 6.45) is 0.862. The number of rotatable bonds is 3. The second-order valence-electron chi connectivity index (χ2n) is 5.36. The van der Waals surface area contributed by atoms with E-state index in [0.717, 1.165) is 17.7 Å². The van der Waals surface area contributed by atoms with E-state index in [0.29, 0.717) is 5.75 Å². The van der Waals surface area contributed by atoms with E-state index in [1.54, 1.807) is 14.1 Å². The average Bonchev–Trinajstić information content (AvgIpc) is 2.59. The summed E-state index contributed by atoms with van der Waals surface area (Å²) < 4.78 is 11.4. The van der Waals surface area contributed by atoms with Crippen LogP contribution in [-0.2, 0) is 11.2 Å². The highest BCUT2D eigenvalue weighted by molar-refractivity contribution is 5.77. The Balaban J connectivity index is 2.12. The average molecular weight is 249 g/mol. The van der Waals surface area contributed by atoms with Crippen LogP contribution in [0.15, 0.2) is 18.2 Å². The maximum atomic E-state index is 11.5. The number of amides is 1. The summed E-state index contributed by atoms with van der Waals surface area (Å²) in [6.45, 7) is 4.12. The third-order valence-corrected chi connectivity index (χ3v) is 2.90. The van der Waals surface area contributed by atoms with Crippen molar-refractivity contribution in [3.8, 4) is 11.5 Å². The lowest BCUT2D eigenvalue weighted by Crippen LogP contribution is -2.28. The second-order valence-corrected chi connectivity index (χ2v) is 5.36. The molecule has 1 amide bonds. The first-order valence-corrected chi connectivity index (χ1v) is 6.03. The van der Waals surface area contributed by atoms with E-state index < -0.39 is 0 Å². The van der Waals surface area contributed by atoms with Gasteiger partial charge in [0.2, 0.25) is 0 Å². The van der Waals surface area contributed by atoms with Crippen molar-refractivity contribution in [2.75, 3.05) is 20.7 Å². The number of nitrogens with zero attached hydrogens (tertiary/aromatic N) is 1. The van der Waals surface area contributed by atoms with Gasteiger partial charge in [0, 0.05) is 26.1 Å². The highest BCUT2D eigenvalue weighted by atomic mass is 16.5. The van der Waals surface area contributed by atoms with Gasteiger partial charge in [-0.05, 0) is 19.9 Å². The minimum Gasteiger partial charge on any atom is -0.483 e. The highest BCUT2D eigenvalue weighted by Gasteiger charge is 2.32. The third kappa shape index (κ3) is 2.58. The summed E-state index contributed by atoms with van der Waals surface area (Å²) >= 11 is 0. The van der Waals surface area contributed by atoms with Crippen LogP contribution in [0.3, 0.4) is 0 Å². The number of fused-ring (bicyclic) bond motifs is 1. The van der Waals surface area contributed by atoms with Gasteiger partial charge in [0.1, 0.15) is 5.60 Å². The van der Waals surface area contributed by atoms with E-state index in [9.17, 15) is 4.79 Å². The maximum absolute atomic E-state index is 11.5. The largest absolute Gasteiger partial charge is 0.483 e. The Morgan fingerprint density at radius 3 is 2.83 bits per heavy atom. The van der Waals surface area contributed by atoms with Crippen LogP contribution >= 0.6 is 0 Å². The van der Waals surface area contributed by atoms with Crippen molar-refractivity contribution in [2.45, 2.75) is 25.9 Å². The number of ether oxygens (including phenoxy) is 2. The standard InChI is InChI=1S/C14H19NO3/c1-14(2)8-10-6-5-7-11(13(10)18-14)17-9-12(16)15(3)4/h5-7H,8-9H2,1-4H3. The van der Waals surface area contributed by atoms with E-state index in [1.807, 2.05) is 32.0 Å². The zero-order valence-electron chi connectivity index (χ0n) is 11.3. The van der Waals surface area contributed by atoms with Gasteiger partial charge in [0.05, 0.1) is 0 Å². The molecule has 18 heavy (non-hydrogen) atoms. The van der Waals surface area contributed by atoms with Crippen molar-refractivity contribution >= 4 is 5.91 Å². The quantitative estimate of drug-likeness (QED) is 0.821. The fourth-order valence-electron chi connectivity index (χ4n) is 1.97. The van der Waals surface area contributed by atoms with Crippen LogP contribution in [0, 0.1) is 0 Å². The molecule has 0 unspecified atom stereocenters. The van der Waals surface area contributed by atoms with Crippen LogP contribution in [0.4, 0.5) is 0 Å². The first-order chi connectivity index (χ1) is 8.39. The number of likely N-dealkylation sites (N-methyl/N-ethyl adjacent to an activating group) is 1. The molecule has 4 nitrogen and oxygen atoms in total. The smallest absolute Gasteiger partial charge is 0.259 e. The molecule has 0 N–H and O–H groups in total. The lowest BCUT2D eigenvalue weighted by atomic mass is 10.0. The Bertz CT molecular complexity index is 466. The number of para-hydroxylation sites is 1. The Kier molecular flexibility index (Phi) is 3.20. The lowest BCUT2D eigenvalue weighted by Gasteiger charge is -2.18. The predicted octanol–water partition coefficient (Wildman–Crippen LogP) is 1.87. The normalized spacial score (nSPS) is 15.8. The monoisotopic (exact) mass is 249 g/mol. The van der Waals surface area contributed by atoms with Gasteiger partial charge >= 0.3 is 0 Å². The Hall–Kier alpha value is -1.71. The Labute approximate surface area is 107 Å². The van der Waals surface area contributed by atoms with E-state index in [2.05, 4.69) is 0 Å². The van der Waals surface area contributed by atoms with E-state index in [-0.39, 0.29) is 18.1 Å². The SMILES string of the molecule is CN(C)C(=O)COc1cccc2c1OC(C)(C)C2. The number of carbonyl (C=O) groups excluding carboxylic acids is 1. The van der Waals surface area contributed by atoms with Crippen molar-refractivity contribution in [3.05, 3.63) is 23.8 Å². The molecule has 0 radical (unpaired) electrons. The van der Waals surface area contributed by atoms with Gasteiger partial charge in [-0.3, -0.25) is 4.79 Å². The van der Waals surface area contributed by atoms with Crippen LogP contribution in [0.1, 0.15) is 19.4 Å². The van der Waals surface area contributed by atoms with Gasteiger partial charge < -0.3 is 14.4 Å². The Morgan fingerprint density at radius 2 is 2.17 bits per heavy atom. The molecule has 98 valence electrons. The molecule has 0 saturated heterocycles. The molecule has 0 atom stereocenters. The molecule has 1 aromatic carbocycles. The molecule has 0 aliphatic carbocycles. The molecule has 0 aromatic heterocycles. The fourth-order valence-corrected chi connectivity index (χ4v) is 1.97. The highest BCUT2D eigenvalue weighted by Crippen LogP contribution is 2.41. The summed E-state index contributed by atoms with van der Waals surface area (Å²) in [7, 11) is 3.42. The first-order valence-electron chi connectivity index (χ1n) is 6.03. The summed E-state index contributed by atoms with van der Waals surface area (Å²) in [6, 6.07) is 5.80. The molecule has 0 spiro atoms. The Morgan fingerprint density at radius 1 is 1.44 bits per heavy atom. The fraction of sp³-hybridized carbons (Fsp3) is 0.500. The molecule has 1 aliphatic rings. The molecular weight excluding hydrogens is 230 g/mol. The molecule has 1 aromatic rings. The van der Waals surface area contributed by atoms with E-state index in [1.165, 1.54) is 4.90 Å². The van der Waals surface area contributed by atoms with Crippen LogP contribution in [0.25, 0.3) is 0 Å². The minimum atomic E-state index is -0.201. The molecule has 0 bridgehead atoms. The summed E-state index contributed by atoms with van der Waals surface area (Å²) in [4.78, 5) is 13.0. The summed E-state index contributed by atoms with van der Waals surface area (Å²) in [5.74, 6) is 1.35. The first kappa shape index (κ1) is 12.7. The van der Waals surface area contributed by atoms with Crippen molar-refractivity contribution in [1.82, 2.24) is 4.90 Å². The van der Waals surface area contributed by atoms with Gasteiger partial charge in [-0.15, -0.1) is 0 Å². The topological polar surface area (TPSA) is 38.8 Å².